The van der Waals surface area contributed by atoms with E-state index in [1.807, 2.05) is 69.3 Å². The van der Waals surface area contributed by atoms with Gasteiger partial charge in [0.2, 0.25) is 47.3 Å². The maximum atomic E-state index is 15.3. The maximum absolute atomic E-state index is 15.3. The Kier molecular flexibility index (Phi) is 29.7. The van der Waals surface area contributed by atoms with Crippen molar-refractivity contribution in [2.45, 2.75) is 188 Å². The van der Waals surface area contributed by atoms with Crippen LogP contribution in [0.3, 0.4) is 0 Å². The molecule has 4 aromatic rings. The number of hydrogen-bond acceptors (Lipinski definition) is 15. The van der Waals surface area contributed by atoms with Crippen molar-refractivity contribution in [3.63, 3.8) is 0 Å². The summed E-state index contributed by atoms with van der Waals surface area (Å²) < 4.78 is 21.3. The number of benzene rings is 4. The summed E-state index contributed by atoms with van der Waals surface area (Å²) in [4.78, 5) is 137. The van der Waals surface area contributed by atoms with Crippen molar-refractivity contribution in [1.82, 2.24) is 47.9 Å². The maximum Gasteiger partial charge on any atom is 0.305 e. The summed E-state index contributed by atoms with van der Waals surface area (Å²) in [5, 5.41) is 64.0. The highest BCUT2D eigenvalue weighted by Gasteiger charge is 2.42. The Morgan fingerprint density at radius 2 is 1.22 bits per heavy atom. The fourth-order valence-electron chi connectivity index (χ4n) is 10.1. The number of nitrogens with one attached hydrogen (secondary N) is 9. The number of carbonyl (C=O) groups is 10. The third kappa shape index (κ3) is 24.4. The molecule has 0 aliphatic carbocycles. The number of aliphatic carboxylic acids is 1. The van der Waals surface area contributed by atoms with Gasteiger partial charge in [0, 0.05) is 19.3 Å². The van der Waals surface area contributed by atoms with E-state index in [4.69, 9.17) is 4.74 Å². The van der Waals surface area contributed by atoms with Crippen LogP contribution in [0.25, 0.3) is 11.1 Å². The third-order valence-corrected chi connectivity index (χ3v) is 15.4. The molecule has 10 atom stereocenters. The number of rotatable bonds is 36. The molecule has 0 aromatic heterocycles. The fourth-order valence-corrected chi connectivity index (χ4v) is 10.1. The molecular weight excluding hydrogens is 1200 g/mol. The molecule has 0 aliphatic rings. The first kappa shape index (κ1) is 76.8. The molecule has 25 heteroatoms. The monoisotopic (exact) mass is 1300 g/mol. The fraction of sp³-hybridized carbons (Fsp3) is 0.500. The van der Waals surface area contributed by atoms with Gasteiger partial charge in [-0.2, -0.15) is 0 Å². The minimum absolute atomic E-state index is 0.0637. The quantitative estimate of drug-likeness (QED) is 0.0311. The van der Waals surface area contributed by atoms with E-state index in [0.717, 1.165) is 66.0 Å². The molecule has 0 heterocycles. The Hall–Kier alpha value is -8.65. The zero-order valence-corrected chi connectivity index (χ0v) is 55.2. The molecule has 0 saturated carbocycles. The van der Waals surface area contributed by atoms with Crippen LogP contribution in [-0.4, -0.2) is 166 Å². The highest BCUT2D eigenvalue weighted by molar-refractivity contribution is 6.00. The molecule has 4 rings (SSSR count). The number of carboxylic acids is 1. The number of carbonyl (C=O) groups excluding carboxylic acids is 9. The number of aliphatic hydroxyl groups excluding tert-OH is 3. The predicted octanol–water partition coefficient (Wildman–Crippen LogP) is 2.62. The van der Waals surface area contributed by atoms with Crippen LogP contribution < -0.4 is 52.6 Å². The van der Waals surface area contributed by atoms with E-state index in [-0.39, 0.29) is 36.0 Å². The van der Waals surface area contributed by atoms with Gasteiger partial charge in [-0.1, -0.05) is 112 Å². The van der Waals surface area contributed by atoms with Crippen LogP contribution in [0.2, 0.25) is 0 Å². The number of carboxylic acid groups (broad SMARTS) is 1. The zero-order chi connectivity index (χ0) is 69.5. The number of halogens is 1. The van der Waals surface area contributed by atoms with Crippen LogP contribution in [0.1, 0.15) is 121 Å². The number of likely N-dealkylation sites (N-methyl/N-ethyl adjacent to an activating group) is 1. The van der Waals surface area contributed by atoms with Gasteiger partial charge in [-0.3, -0.25) is 47.9 Å². The van der Waals surface area contributed by atoms with Crippen molar-refractivity contribution >= 4 is 59.0 Å². The van der Waals surface area contributed by atoms with E-state index in [1.165, 1.54) is 32.2 Å². The van der Waals surface area contributed by atoms with E-state index < -0.39 is 145 Å². The molecule has 508 valence electrons. The topological polar surface area (TPSA) is 369 Å². The minimum Gasteiger partial charge on any atom is -0.493 e. The van der Waals surface area contributed by atoms with Gasteiger partial charge < -0.3 is 73.0 Å². The van der Waals surface area contributed by atoms with E-state index >= 15 is 4.39 Å². The molecule has 0 fully saturated rings. The van der Waals surface area contributed by atoms with Crippen LogP contribution in [0.5, 0.6) is 5.75 Å². The second kappa shape index (κ2) is 36.0. The van der Waals surface area contributed by atoms with Crippen molar-refractivity contribution in [3.8, 4) is 16.9 Å². The lowest BCUT2D eigenvalue weighted by atomic mass is 9.90. The first-order valence-electron chi connectivity index (χ1n) is 31.2. The lowest BCUT2D eigenvalue weighted by Crippen LogP contribution is -2.67. The number of aryl methyl sites for hydroxylation is 4. The number of ether oxygens (including phenoxy) is 1. The van der Waals surface area contributed by atoms with Crippen LogP contribution in [-0.2, 0) is 73.6 Å². The number of amides is 8. The van der Waals surface area contributed by atoms with Gasteiger partial charge in [0.15, 0.2) is 5.78 Å². The molecule has 13 N–H and O–H groups in total. The normalized spacial score (nSPS) is 14.9. The van der Waals surface area contributed by atoms with E-state index in [1.54, 1.807) is 19.1 Å². The summed E-state index contributed by atoms with van der Waals surface area (Å²) in [7, 11) is 1.51. The minimum atomic E-state index is -2.27. The number of aliphatic hydroxyl groups is 3. The van der Waals surface area contributed by atoms with Gasteiger partial charge >= 0.3 is 5.97 Å². The third-order valence-electron chi connectivity index (χ3n) is 15.4. The smallest absolute Gasteiger partial charge is 0.305 e. The van der Waals surface area contributed by atoms with Crippen molar-refractivity contribution in [3.05, 3.63) is 124 Å². The summed E-state index contributed by atoms with van der Waals surface area (Å²) in [5.41, 5.74) is 4.04. The van der Waals surface area contributed by atoms with Gasteiger partial charge in [-0.15, -0.1) is 0 Å². The van der Waals surface area contributed by atoms with Gasteiger partial charge in [0.05, 0.1) is 50.5 Å². The largest absolute Gasteiger partial charge is 0.493 e. The van der Waals surface area contributed by atoms with Crippen LogP contribution >= 0.6 is 0 Å². The number of ketones is 1. The Balaban J connectivity index is 1.62. The van der Waals surface area contributed by atoms with Crippen LogP contribution in [0.15, 0.2) is 84.9 Å². The van der Waals surface area contributed by atoms with Crippen molar-refractivity contribution in [2.75, 3.05) is 26.8 Å². The molecule has 0 aliphatic heterocycles. The highest BCUT2D eigenvalue weighted by atomic mass is 19.1. The van der Waals surface area contributed by atoms with Gasteiger partial charge in [0.1, 0.15) is 47.3 Å². The van der Waals surface area contributed by atoms with E-state index in [2.05, 4.69) is 68.6 Å². The van der Waals surface area contributed by atoms with Crippen molar-refractivity contribution < 1.29 is 77.5 Å². The lowest BCUT2D eigenvalue weighted by molar-refractivity contribution is -0.142. The van der Waals surface area contributed by atoms with Crippen LogP contribution in [0, 0.1) is 25.1 Å². The molecule has 1 unspecified atom stereocenters. The Bertz CT molecular complexity index is 3240. The molecule has 4 aromatic carbocycles. The summed E-state index contributed by atoms with van der Waals surface area (Å²) in [5.74, 6) is -10.5. The first-order valence-corrected chi connectivity index (χ1v) is 31.2. The molecule has 0 radical (unpaired) electrons. The summed E-state index contributed by atoms with van der Waals surface area (Å²) >= 11 is 0. The molecule has 0 saturated heterocycles. The summed E-state index contributed by atoms with van der Waals surface area (Å²) in [6.45, 7) is 17.4. The number of hydrogen-bond donors (Lipinski definition) is 13. The van der Waals surface area contributed by atoms with E-state index in [0.29, 0.717) is 31.4 Å². The molecule has 24 nitrogen and oxygen atoms in total. The molecule has 0 bridgehead atoms. The molecular formula is C68H94FN9O15. The Morgan fingerprint density at radius 1 is 0.634 bits per heavy atom. The average Bonchev–Trinajstić information content (AvgIpc) is 1.22. The Labute approximate surface area is 543 Å². The highest BCUT2D eigenvalue weighted by Crippen LogP contribution is 2.30. The molecule has 0 spiro atoms. The molecule has 93 heavy (non-hydrogen) atoms. The summed E-state index contributed by atoms with van der Waals surface area (Å²) in [6.07, 6.45) is -3.27. The average molecular weight is 1300 g/mol. The lowest BCUT2D eigenvalue weighted by Gasteiger charge is -2.34. The Morgan fingerprint density at radius 3 is 1.78 bits per heavy atom. The number of Topliss-reactive ketones (excluding diaryl/α,β-unsaturated/α-hetero) is 1. The standard InChI is InChI=1S/C68H94FN9O15/c1-13-45-32-48(93-37-67(8,9)10)26-27-49(45)46-24-22-43(23-25-46)31-52(61(87)72-51(55(82)14-2)21-17-18-44-29-38(3)28-39(4)30-44)73-62(88)53(33-57(84)85)74-63(89)54(36-79)75-64(90)58(41(6)80)77-66(92)68(11,34-47-19-15-16-20-50(47)69)78-65(91)59(42(7)81)76-56(83)35-71-60(86)40(5)70-12/h15-16,19-20,22-30,32,40-42,51-54,58-59,70,79-81H,13-14,17-18,21,31,33-37H2,1-12H3,(H,71,86)(H,72,87)(H,73,88)(H,74,89)(H,75,90)(H,76,83)(H,77,92)(H,78,91)(H,84,85)/t40-,41+,42+,51?,52-,53-,54-,58-,59-,68-/m0/s1. The molecule has 8 amide bonds. The van der Waals surface area contributed by atoms with Gasteiger partial charge in [-0.25, -0.2) is 4.39 Å². The first-order chi connectivity index (χ1) is 43.7. The SMILES string of the molecule is CCC(=O)C(CCCc1cc(C)cc(C)c1)NC(=O)[C@H](Cc1ccc(-c2ccc(OCC(C)(C)C)cc2CC)cc1)NC(=O)[C@H](CC(=O)O)NC(=O)[C@H](CO)NC(=O)[C@@H](NC(=O)[C@](C)(Cc1ccccc1F)NC(=O)[C@@H](NC(=O)CNC(=O)[C@H](C)NC)[C@@H](C)O)[C@@H](C)O. The zero-order valence-electron chi connectivity index (χ0n) is 55.2. The predicted molar refractivity (Wildman–Crippen MR) is 347 cm³/mol. The summed E-state index contributed by atoms with van der Waals surface area (Å²) in [6, 6.07) is 13.3. The van der Waals surface area contributed by atoms with E-state index in [9.17, 15) is 68.4 Å². The van der Waals surface area contributed by atoms with Crippen molar-refractivity contribution in [1.29, 1.82) is 0 Å². The van der Waals surface area contributed by atoms with Gasteiger partial charge in [0.25, 0.3) is 0 Å². The second-order valence-corrected chi connectivity index (χ2v) is 25.0. The van der Waals surface area contributed by atoms with Crippen LogP contribution in [0.4, 0.5) is 4.39 Å². The van der Waals surface area contributed by atoms with Crippen molar-refractivity contribution in [2.24, 2.45) is 5.41 Å². The second-order valence-electron chi connectivity index (χ2n) is 25.0. The van der Waals surface area contributed by atoms with Gasteiger partial charge in [-0.05, 0) is 131 Å².